The van der Waals surface area contributed by atoms with Gasteiger partial charge in [0.1, 0.15) is 6.10 Å². The van der Waals surface area contributed by atoms with E-state index in [1.54, 1.807) is 11.3 Å². The van der Waals surface area contributed by atoms with Gasteiger partial charge in [-0.2, -0.15) is 0 Å². The number of hydrogen-bond acceptors (Lipinski definition) is 3. The summed E-state index contributed by atoms with van der Waals surface area (Å²) in [4.78, 5) is 2.30. The topological polar surface area (TPSA) is 32.3 Å². The third-order valence-electron chi connectivity index (χ3n) is 1.81. The molecule has 1 aromatic rings. The molecule has 2 nitrogen and oxygen atoms in total. The Morgan fingerprint density at radius 2 is 2.15 bits per heavy atom. The third-order valence-corrected chi connectivity index (χ3v) is 2.91. The summed E-state index contributed by atoms with van der Waals surface area (Å²) >= 11 is 1.66. The molecule has 0 aliphatic rings. The molecule has 0 radical (unpaired) electrons. The van der Waals surface area contributed by atoms with E-state index in [1.165, 1.54) is 4.88 Å². The van der Waals surface area contributed by atoms with Crippen molar-refractivity contribution in [1.82, 2.24) is 5.32 Å². The van der Waals surface area contributed by atoms with Crippen LogP contribution in [0.1, 0.15) is 29.7 Å². The van der Waals surface area contributed by atoms with E-state index in [0.717, 1.165) is 4.88 Å². The summed E-state index contributed by atoms with van der Waals surface area (Å²) in [5.41, 5.74) is 0. The van der Waals surface area contributed by atoms with Crippen molar-refractivity contribution in [3.8, 4) is 0 Å². The maximum Gasteiger partial charge on any atom is 0.101 e. The highest BCUT2D eigenvalue weighted by Gasteiger charge is 2.09. The predicted molar refractivity (Wildman–Crippen MR) is 57.2 cm³/mol. The minimum Gasteiger partial charge on any atom is -0.386 e. The van der Waals surface area contributed by atoms with E-state index in [1.807, 2.05) is 12.1 Å². The normalized spacial score (nSPS) is 13.6. The van der Waals surface area contributed by atoms with Gasteiger partial charge in [0.25, 0.3) is 0 Å². The molecule has 1 atom stereocenters. The molecular weight excluding hydrogens is 182 g/mol. The highest BCUT2D eigenvalue weighted by Crippen LogP contribution is 2.21. The van der Waals surface area contributed by atoms with Crippen LogP contribution in [0.4, 0.5) is 0 Å². The Kier molecular flexibility index (Phi) is 3.90. The van der Waals surface area contributed by atoms with Gasteiger partial charge in [0.05, 0.1) is 0 Å². The van der Waals surface area contributed by atoms with E-state index in [9.17, 15) is 5.11 Å². The highest BCUT2D eigenvalue weighted by atomic mass is 32.1. The molecule has 0 saturated heterocycles. The van der Waals surface area contributed by atoms with Gasteiger partial charge in [-0.25, -0.2) is 0 Å². The number of aliphatic hydroxyl groups is 1. The first-order valence-electron chi connectivity index (χ1n) is 4.57. The van der Waals surface area contributed by atoms with Crippen LogP contribution in [0.25, 0.3) is 0 Å². The van der Waals surface area contributed by atoms with Gasteiger partial charge in [-0.15, -0.1) is 11.3 Å². The smallest absolute Gasteiger partial charge is 0.101 e. The van der Waals surface area contributed by atoms with Crippen LogP contribution in [0, 0.1) is 6.92 Å². The van der Waals surface area contributed by atoms with Gasteiger partial charge in [-0.3, -0.25) is 0 Å². The molecule has 1 aromatic heterocycles. The quantitative estimate of drug-likeness (QED) is 0.778. The fourth-order valence-electron chi connectivity index (χ4n) is 1.08. The number of hydrogen-bond donors (Lipinski definition) is 2. The van der Waals surface area contributed by atoms with Crippen LogP contribution in [0.15, 0.2) is 12.1 Å². The Balaban J connectivity index is 2.44. The Bertz CT molecular complexity index is 257. The summed E-state index contributed by atoms with van der Waals surface area (Å²) in [5, 5.41) is 12.9. The lowest BCUT2D eigenvalue weighted by atomic mass is 10.2. The average Bonchev–Trinajstić information content (AvgIpc) is 2.47. The van der Waals surface area contributed by atoms with Gasteiger partial charge in [-0.1, -0.05) is 13.8 Å². The van der Waals surface area contributed by atoms with Crippen LogP contribution in [0.5, 0.6) is 0 Å². The van der Waals surface area contributed by atoms with Gasteiger partial charge >= 0.3 is 0 Å². The molecule has 3 heteroatoms. The number of thiophene rings is 1. The maximum atomic E-state index is 9.73. The summed E-state index contributed by atoms with van der Waals surface area (Å²) in [5.74, 6) is 0. The zero-order chi connectivity index (χ0) is 9.84. The summed E-state index contributed by atoms with van der Waals surface area (Å²) in [6, 6.07) is 4.46. The molecule has 0 saturated carbocycles. The van der Waals surface area contributed by atoms with Crippen molar-refractivity contribution in [1.29, 1.82) is 0 Å². The molecule has 13 heavy (non-hydrogen) atoms. The zero-order valence-electron chi connectivity index (χ0n) is 8.37. The molecule has 1 unspecified atom stereocenters. The van der Waals surface area contributed by atoms with Gasteiger partial charge in [0.2, 0.25) is 0 Å². The number of aryl methyl sites for hydroxylation is 1. The Morgan fingerprint density at radius 3 is 2.62 bits per heavy atom. The number of aliphatic hydroxyl groups excluding tert-OH is 1. The second-order valence-corrected chi connectivity index (χ2v) is 4.85. The van der Waals surface area contributed by atoms with Crippen molar-refractivity contribution < 1.29 is 5.11 Å². The Morgan fingerprint density at radius 1 is 1.46 bits per heavy atom. The fourth-order valence-corrected chi connectivity index (χ4v) is 1.94. The second kappa shape index (κ2) is 4.74. The molecule has 74 valence electrons. The predicted octanol–water partition coefficient (Wildman–Crippen LogP) is 2.09. The average molecular weight is 199 g/mol. The van der Waals surface area contributed by atoms with Gasteiger partial charge < -0.3 is 10.4 Å². The number of rotatable bonds is 4. The van der Waals surface area contributed by atoms with Crippen molar-refractivity contribution in [2.24, 2.45) is 0 Å². The lowest BCUT2D eigenvalue weighted by Crippen LogP contribution is -2.27. The molecule has 1 rings (SSSR count). The van der Waals surface area contributed by atoms with E-state index in [-0.39, 0.29) is 6.10 Å². The fraction of sp³-hybridized carbons (Fsp3) is 0.600. The molecule has 0 bridgehead atoms. The first kappa shape index (κ1) is 10.7. The SMILES string of the molecule is Cc1ccc(C(O)CNC(C)C)s1. The molecule has 0 spiro atoms. The first-order chi connectivity index (χ1) is 6.09. The van der Waals surface area contributed by atoms with Crippen molar-refractivity contribution in [2.45, 2.75) is 32.9 Å². The Labute approximate surface area is 83.6 Å². The molecule has 0 aliphatic carbocycles. The number of nitrogens with one attached hydrogen (secondary N) is 1. The van der Waals surface area contributed by atoms with Crippen molar-refractivity contribution in [2.75, 3.05) is 6.54 Å². The molecule has 0 fully saturated rings. The molecule has 0 aromatic carbocycles. The van der Waals surface area contributed by atoms with Crippen LogP contribution in [-0.2, 0) is 0 Å². The molecule has 1 heterocycles. The molecule has 0 amide bonds. The van der Waals surface area contributed by atoms with Crippen LogP contribution < -0.4 is 5.32 Å². The van der Waals surface area contributed by atoms with E-state index >= 15 is 0 Å². The van der Waals surface area contributed by atoms with Crippen LogP contribution in [-0.4, -0.2) is 17.7 Å². The molecular formula is C10H17NOS. The lowest BCUT2D eigenvalue weighted by Gasteiger charge is -2.12. The van der Waals surface area contributed by atoms with Crippen LogP contribution >= 0.6 is 11.3 Å². The van der Waals surface area contributed by atoms with Gasteiger partial charge in [0, 0.05) is 22.3 Å². The monoisotopic (exact) mass is 199 g/mol. The summed E-state index contributed by atoms with van der Waals surface area (Å²) in [6.45, 7) is 6.84. The van der Waals surface area contributed by atoms with Crippen LogP contribution in [0.2, 0.25) is 0 Å². The minimum absolute atomic E-state index is 0.360. The molecule has 0 aliphatic heterocycles. The van der Waals surface area contributed by atoms with E-state index < -0.39 is 0 Å². The van der Waals surface area contributed by atoms with Crippen molar-refractivity contribution >= 4 is 11.3 Å². The summed E-state index contributed by atoms with van der Waals surface area (Å²) in [7, 11) is 0. The maximum absolute atomic E-state index is 9.73. The third kappa shape index (κ3) is 3.46. The van der Waals surface area contributed by atoms with E-state index in [2.05, 4.69) is 26.1 Å². The summed E-state index contributed by atoms with van der Waals surface area (Å²) in [6.07, 6.45) is -0.360. The van der Waals surface area contributed by atoms with E-state index in [4.69, 9.17) is 0 Å². The van der Waals surface area contributed by atoms with Crippen molar-refractivity contribution in [3.05, 3.63) is 21.9 Å². The van der Waals surface area contributed by atoms with E-state index in [0.29, 0.717) is 12.6 Å². The lowest BCUT2D eigenvalue weighted by molar-refractivity contribution is 0.175. The van der Waals surface area contributed by atoms with Crippen molar-refractivity contribution in [3.63, 3.8) is 0 Å². The summed E-state index contributed by atoms with van der Waals surface area (Å²) < 4.78 is 0. The molecule has 2 N–H and O–H groups in total. The first-order valence-corrected chi connectivity index (χ1v) is 5.39. The standard InChI is InChI=1S/C10H17NOS/c1-7(2)11-6-9(12)10-5-4-8(3)13-10/h4-5,7,9,11-12H,6H2,1-3H3. The largest absolute Gasteiger partial charge is 0.386 e. The second-order valence-electron chi connectivity index (χ2n) is 3.53. The highest BCUT2D eigenvalue weighted by molar-refractivity contribution is 7.12. The minimum atomic E-state index is -0.360. The van der Waals surface area contributed by atoms with Gasteiger partial charge in [0.15, 0.2) is 0 Å². The van der Waals surface area contributed by atoms with Crippen LogP contribution in [0.3, 0.4) is 0 Å². The van der Waals surface area contributed by atoms with Gasteiger partial charge in [-0.05, 0) is 19.1 Å². The zero-order valence-corrected chi connectivity index (χ0v) is 9.19. The Hall–Kier alpha value is -0.380.